The van der Waals surface area contributed by atoms with Gasteiger partial charge < -0.3 is 51.0 Å². The lowest BCUT2D eigenvalue weighted by Crippen LogP contribution is -2.54. The lowest BCUT2D eigenvalue weighted by atomic mass is 10.1. The Bertz CT molecular complexity index is 1560. The van der Waals surface area contributed by atoms with Gasteiger partial charge in [-0.15, -0.1) is 0 Å². The number of amides is 1. The van der Waals surface area contributed by atoms with E-state index in [4.69, 9.17) is 4.52 Å². The maximum absolute atomic E-state index is 14.0. The minimum absolute atomic E-state index is 0. The number of hydrogen-bond acceptors (Lipinski definition) is 11. The molecule has 0 saturated heterocycles. The third kappa shape index (κ3) is 11.1. The maximum atomic E-state index is 14.0. The monoisotopic (exact) mass is 688 g/mol. The standard InChI is InChI=1S/C28H38N4O10P2.2H3N/c1-18(2)8-5-9-19(3)10-6-11-20(4)14-15-32-23-16-21(33)17-25(39-43(35,36)37)27(23)31-26-22(28(32)34)12-7-13-24(26)40-44(38,41-29)42-30;;/h7-8,10,12-14,16-17H,5-6,9,11,15H2,1-4,29-30H3,(H2-2,31,33,34,35,36,37);2*1H3/p+2/b19-10+,20-14+;;. The van der Waals surface area contributed by atoms with Crippen LogP contribution in [-0.4, -0.2) is 17.6 Å². The number of hydrogen-bond donors (Lipinski definition) is 6. The Hall–Kier alpha value is -3.53. The third-order valence-corrected chi connectivity index (χ3v) is 8.06. The average Bonchev–Trinajstić information content (AvgIpc) is 3.05. The van der Waals surface area contributed by atoms with Gasteiger partial charge in [-0.3, -0.25) is 4.79 Å². The number of allylic oxidation sites excluding steroid dienone is 5. The van der Waals surface area contributed by atoms with E-state index in [1.54, 1.807) is 0 Å². The van der Waals surface area contributed by atoms with Crippen LogP contribution in [0.3, 0.4) is 0 Å². The minimum Gasteiger partial charge on any atom is -0.780 e. The van der Waals surface area contributed by atoms with E-state index in [0.717, 1.165) is 37.3 Å². The quantitative estimate of drug-likeness (QED) is 0.0703. The second-order valence-electron chi connectivity index (χ2n) is 10.4. The molecule has 1 amide bonds. The molecule has 256 valence electrons. The first-order valence-corrected chi connectivity index (χ1v) is 16.5. The molecule has 1 aliphatic rings. The summed E-state index contributed by atoms with van der Waals surface area (Å²) in [5, 5.41) is 13.3. The van der Waals surface area contributed by atoms with Gasteiger partial charge in [-0.05, 0) is 65.5 Å². The first-order chi connectivity index (χ1) is 20.7. The number of quaternary nitrogens is 4. The molecule has 0 unspecified atom stereocenters. The molecule has 16 N–H and O–H groups in total. The zero-order valence-corrected chi connectivity index (χ0v) is 28.8. The van der Waals surface area contributed by atoms with E-state index >= 15 is 0 Å². The summed E-state index contributed by atoms with van der Waals surface area (Å²) < 4.78 is 43.4. The maximum Gasteiger partial charge on any atom is 0.624 e. The third-order valence-electron chi connectivity index (χ3n) is 6.59. The van der Waals surface area contributed by atoms with Crippen molar-refractivity contribution in [2.75, 3.05) is 16.8 Å². The zero-order valence-electron chi connectivity index (χ0n) is 27.0. The minimum atomic E-state index is -5.61. The molecule has 16 nitrogen and oxygen atoms in total. The molecule has 0 atom stereocenters. The Kier molecular flexibility index (Phi) is 15.3. The van der Waals surface area contributed by atoms with E-state index < -0.39 is 33.1 Å². The number of aromatic hydroxyl groups is 1. The van der Waals surface area contributed by atoms with Crippen LogP contribution in [0.1, 0.15) is 63.7 Å². The Labute approximate surface area is 268 Å². The summed E-state index contributed by atoms with van der Waals surface area (Å²) in [4.78, 5) is 38.4. The van der Waals surface area contributed by atoms with Gasteiger partial charge in [-0.25, -0.2) is 4.57 Å². The molecule has 1 aliphatic heterocycles. The fourth-order valence-corrected chi connectivity index (χ4v) is 5.35. The van der Waals surface area contributed by atoms with Gasteiger partial charge in [0, 0.05) is 18.7 Å². The molecule has 1 heterocycles. The lowest BCUT2D eigenvalue weighted by Gasteiger charge is -2.31. The number of para-hydroxylation sites is 1. The van der Waals surface area contributed by atoms with Crippen LogP contribution in [0.2, 0.25) is 0 Å². The summed E-state index contributed by atoms with van der Waals surface area (Å²) in [5.74, 6) is 4.28. The highest BCUT2D eigenvalue weighted by Gasteiger charge is 2.36. The van der Waals surface area contributed by atoms with Gasteiger partial charge in [-0.1, -0.05) is 50.3 Å². The van der Waals surface area contributed by atoms with Gasteiger partial charge in [-0.2, -0.15) is 11.8 Å². The number of nitrogens with zero attached hydrogens (tertiary/aromatic N) is 1. The van der Waals surface area contributed by atoms with Gasteiger partial charge in [0.1, 0.15) is 19.3 Å². The zero-order chi connectivity index (χ0) is 32.7. The highest BCUT2D eigenvalue weighted by molar-refractivity contribution is 7.48. The van der Waals surface area contributed by atoms with E-state index in [2.05, 4.69) is 63.8 Å². The summed E-state index contributed by atoms with van der Waals surface area (Å²) in [6.07, 6.45) is 9.67. The number of rotatable bonds is 14. The van der Waals surface area contributed by atoms with Crippen LogP contribution < -0.4 is 53.1 Å². The van der Waals surface area contributed by atoms with Crippen molar-refractivity contribution in [2.24, 2.45) is 0 Å². The molecule has 2 aromatic rings. The average molecular weight is 689 g/mol. The van der Waals surface area contributed by atoms with Gasteiger partial charge in [0.15, 0.2) is 11.5 Å². The number of phenols is 1. The predicted molar refractivity (Wildman–Crippen MR) is 171 cm³/mol. The summed E-state index contributed by atoms with van der Waals surface area (Å²) in [7, 11) is -9.93. The Morgan fingerprint density at radius 1 is 0.913 bits per heavy atom. The van der Waals surface area contributed by atoms with Crippen LogP contribution in [0.4, 0.5) is 17.1 Å². The molecule has 0 bridgehead atoms. The lowest BCUT2D eigenvalue weighted by molar-refractivity contribution is -0.682. The van der Waals surface area contributed by atoms with Crippen molar-refractivity contribution >= 4 is 38.6 Å². The van der Waals surface area contributed by atoms with Crippen molar-refractivity contribution in [3.05, 3.63) is 70.8 Å². The van der Waals surface area contributed by atoms with E-state index in [1.807, 2.05) is 13.0 Å². The number of benzene rings is 2. The first-order valence-electron chi connectivity index (χ1n) is 13.6. The van der Waals surface area contributed by atoms with Crippen molar-refractivity contribution in [3.8, 4) is 17.2 Å². The fourth-order valence-electron chi connectivity index (χ4n) is 4.39. The predicted octanol–water partition coefficient (Wildman–Crippen LogP) is 4.31. The van der Waals surface area contributed by atoms with Crippen molar-refractivity contribution < 1.29 is 58.9 Å². The fraction of sp³-hybridized carbons (Fsp3) is 0.321. The molecular formula is C28H46N6O10P2+2. The highest BCUT2D eigenvalue weighted by Crippen LogP contribution is 2.52. The Morgan fingerprint density at radius 2 is 1.52 bits per heavy atom. The van der Waals surface area contributed by atoms with Crippen LogP contribution in [-0.2, 0) is 18.4 Å². The number of carbonyl (C=O) groups is 1. The number of carbonyl (C=O) groups excluding carboxylic acids is 1. The van der Waals surface area contributed by atoms with Crippen molar-refractivity contribution in [1.82, 2.24) is 12.3 Å². The topological polar surface area (TPSA) is 298 Å². The van der Waals surface area contributed by atoms with Crippen molar-refractivity contribution in [3.63, 3.8) is 0 Å². The Morgan fingerprint density at radius 3 is 2.11 bits per heavy atom. The molecule has 0 spiro atoms. The second-order valence-corrected chi connectivity index (χ2v) is 13.0. The van der Waals surface area contributed by atoms with Crippen molar-refractivity contribution in [1.29, 1.82) is 0 Å². The summed E-state index contributed by atoms with van der Waals surface area (Å²) >= 11 is 0. The van der Waals surface area contributed by atoms with Crippen molar-refractivity contribution in [2.45, 2.75) is 53.4 Å². The normalized spacial score (nSPS) is 13.3. The summed E-state index contributed by atoms with van der Waals surface area (Å²) in [6, 6.07) is 6.35. The van der Waals surface area contributed by atoms with Gasteiger partial charge in [0.05, 0.1) is 16.9 Å². The molecule has 0 fully saturated rings. The number of phosphoric ester groups is 1. The van der Waals surface area contributed by atoms with Crippen LogP contribution >= 0.6 is 15.6 Å². The summed E-state index contributed by atoms with van der Waals surface area (Å²) in [6.45, 7) is 8.16. The smallest absolute Gasteiger partial charge is 0.624 e. The molecule has 0 saturated carbocycles. The van der Waals surface area contributed by atoms with Crippen LogP contribution in [0.25, 0.3) is 0 Å². The molecular weight excluding hydrogens is 642 g/mol. The molecule has 0 aliphatic carbocycles. The van der Waals surface area contributed by atoms with Crippen LogP contribution in [0, 0.1) is 0 Å². The van der Waals surface area contributed by atoms with Gasteiger partial charge in [0.25, 0.3) is 5.91 Å². The molecule has 46 heavy (non-hydrogen) atoms. The number of phosphoric acid groups is 2. The molecule has 18 heteroatoms. The number of fused-ring (bicyclic) bond motifs is 2. The van der Waals surface area contributed by atoms with Crippen LogP contribution in [0.5, 0.6) is 17.2 Å². The van der Waals surface area contributed by atoms with Gasteiger partial charge in [0.2, 0.25) is 0 Å². The van der Waals surface area contributed by atoms with Crippen LogP contribution in [0.15, 0.2) is 65.3 Å². The highest BCUT2D eigenvalue weighted by atomic mass is 31.2. The van der Waals surface area contributed by atoms with E-state index in [1.165, 1.54) is 40.3 Å². The summed E-state index contributed by atoms with van der Waals surface area (Å²) in [5.41, 5.74) is 3.32. The molecule has 3 rings (SSSR count). The largest absolute Gasteiger partial charge is 0.780 e. The molecule has 2 aromatic carbocycles. The van der Waals surface area contributed by atoms with E-state index in [0.29, 0.717) is 0 Å². The first kappa shape index (κ1) is 40.5. The molecule has 0 aromatic heterocycles. The van der Waals surface area contributed by atoms with E-state index in [9.17, 15) is 28.8 Å². The van der Waals surface area contributed by atoms with E-state index in [-0.39, 0.29) is 47.2 Å². The number of anilines is 3. The number of phenolic OH excluding ortho intramolecular Hbond substituents is 1. The SMILES string of the molecule is CC(C)=CCC/C(C)=C/CC/C(C)=C/CN1C(=O)c2cccc(OP(=O)(O[NH3+])O[NH3+])c2Nc2c(OP(=O)([O-])[O-])cc(O)cc21.[NH4+].[NH4+]. The second kappa shape index (κ2) is 17.4. The Balaban J connectivity index is 0.00000529. The number of nitrogens with one attached hydrogen (secondary N) is 1. The van der Waals surface area contributed by atoms with Gasteiger partial charge >= 0.3 is 7.82 Å². The molecule has 0 radical (unpaired) electrons.